The Hall–Kier alpha value is -3.36. The molecule has 1 N–H and O–H groups in total. The number of halogens is 1. The first-order valence-corrected chi connectivity index (χ1v) is 13.6. The zero-order valence-electron chi connectivity index (χ0n) is 19.2. The zero-order chi connectivity index (χ0) is 26.6. The number of hydrogen-bond acceptors (Lipinski definition) is 9. The zero-order valence-corrected chi connectivity index (χ0v) is 21.6. The molecule has 0 unspecified atom stereocenters. The van der Waals surface area contributed by atoms with Crippen LogP contribution in [0.4, 0.5) is 5.69 Å². The van der Waals surface area contributed by atoms with E-state index in [1.165, 1.54) is 34.2 Å². The van der Waals surface area contributed by atoms with Crippen LogP contribution in [0.2, 0.25) is 5.02 Å². The van der Waals surface area contributed by atoms with Gasteiger partial charge in [0.25, 0.3) is 17.5 Å². The van der Waals surface area contributed by atoms with Crippen LogP contribution in [0.15, 0.2) is 64.9 Å². The Balaban J connectivity index is 1.31. The fourth-order valence-electron chi connectivity index (χ4n) is 3.58. The third-order valence-electron chi connectivity index (χ3n) is 5.47. The number of carbonyl (C=O) groups is 2. The third kappa shape index (κ3) is 6.50. The minimum absolute atomic E-state index is 0.0243. The molecule has 0 bridgehead atoms. The molecule has 14 heteroatoms. The van der Waals surface area contributed by atoms with Gasteiger partial charge in [-0.2, -0.15) is 17.8 Å². The van der Waals surface area contributed by atoms with Gasteiger partial charge in [0.05, 0.1) is 11.5 Å². The first-order valence-electron chi connectivity index (χ1n) is 11.0. The number of nitro groups is 1. The van der Waals surface area contributed by atoms with E-state index in [-0.39, 0.29) is 54.1 Å². The van der Waals surface area contributed by atoms with Gasteiger partial charge in [0.2, 0.25) is 0 Å². The highest BCUT2D eigenvalue weighted by molar-refractivity contribution is 7.89. The number of thiophene rings is 1. The maximum absolute atomic E-state index is 12.8. The molecule has 0 atom stereocenters. The molecule has 11 nitrogen and oxygen atoms in total. The fraction of sp³-hybridized carbons (Fsp3) is 0.217. The lowest BCUT2D eigenvalue weighted by molar-refractivity contribution is -0.385. The molecule has 2 amide bonds. The molecule has 1 fully saturated rings. The molecule has 0 saturated carbocycles. The number of nitrogens with one attached hydrogen (secondary N) is 1. The number of para-hydroxylation sites is 1. The SMILES string of the molecule is O=C(NCc1ccc(S(=O)(=O)ON2CCN(C(=O)c3ccccc3[N+](=O)[O-])CC2)s1)c1ccc(Cl)cc1. The summed E-state index contributed by atoms with van der Waals surface area (Å²) in [6, 6.07) is 15.0. The Morgan fingerprint density at radius 3 is 2.38 bits per heavy atom. The number of nitro benzene ring substituents is 1. The van der Waals surface area contributed by atoms with E-state index >= 15 is 0 Å². The van der Waals surface area contributed by atoms with Crippen LogP contribution in [-0.2, 0) is 20.9 Å². The number of benzene rings is 2. The standard InChI is InChI=1S/C23H21ClN4O7S2/c24-17-7-5-16(6-8-17)22(29)25-15-18-9-10-21(36-18)37(33,34)35-27-13-11-26(12-14-27)23(30)19-3-1-2-4-20(19)28(31)32/h1-10H,11-15H2,(H,25,29). The molecule has 0 spiro atoms. The Morgan fingerprint density at radius 2 is 1.70 bits per heavy atom. The molecule has 0 aliphatic carbocycles. The van der Waals surface area contributed by atoms with E-state index in [0.717, 1.165) is 11.3 Å². The fourth-order valence-corrected chi connectivity index (χ4v) is 5.94. The minimum atomic E-state index is -4.12. The van der Waals surface area contributed by atoms with Crippen LogP contribution in [0, 0.1) is 10.1 Å². The summed E-state index contributed by atoms with van der Waals surface area (Å²) in [4.78, 5) is 37.7. The highest BCUT2D eigenvalue weighted by Gasteiger charge is 2.30. The molecular formula is C23H21ClN4O7S2. The van der Waals surface area contributed by atoms with Crippen LogP contribution in [0.3, 0.4) is 0 Å². The third-order valence-corrected chi connectivity index (χ3v) is 8.50. The number of rotatable bonds is 8. The van der Waals surface area contributed by atoms with Crippen molar-refractivity contribution in [3.63, 3.8) is 0 Å². The molecule has 194 valence electrons. The highest BCUT2D eigenvalue weighted by atomic mass is 35.5. The summed E-state index contributed by atoms with van der Waals surface area (Å²) in [6.07, 6.45) is 0. The molecular weight excluding hydrogens is 544 g/mol. The number of nitrogens with zero attached hydrogens (tertiary/aromatic N) is 3. The van der Waals surface area contributed by atoms with E-state index in [2.05, 4.69) is 5.32 Å². The van der Waals surface area contributed by atoms with Gasteiger partial charge in [0.1, 0.15) is 9.77 Å². The lowest BCUT2D eigenvalue weighted by atomic mass is 10.1. The van der Waals surface area contributed by atoms with E-state index in [9.17, 15) is 28.1 Å². The summed E-state index contributed by atoms with van der Waals surface area (Å²) in [6.45, 7) is 0.593. The summed E-state index contributed by atoms with van der Waals surface area (Å²) in [7, 11) is -4.12. The van der Waals surface area contributed by atoms with Crippen LogP contribution in [-0.4, -0.2) is 61.3 Å². The summed E-state index contributed by atoms with van der Waals surface area (Å²) >= 11 is 6.80. The summed E-state index contributed by atoms with van der Waals surface area (Å²) in [5.74, 6) is -0.822. The molecule has 2 heterocycles. The van der Waals surface area contributed by atoms with E-state index in [4.69, 9.17) is 15.9 Å². The highest BCUT2D eigenvalue weighted by Crippen LogP contribution is 2.25. The molecule has 3 aromatic rings. The Morgan fingerprint density at radius 1 is 1.03 bits per heavy atom. The average Bonchev–Trinajstić information content (AvgIpc) is 3.38. The molecule has 1 aromatic heterocycles. The van der Waals surface area contributed by atoms with Gasteiger partial charge in [-0.05, 0) is 42.5 Å². The molecule has 1 aliphatic heterocycles. The summed E-state index contributed by atoms with van der Waals surface area (Å²) in [5, 5.41) is 15.7. The first kappa shape index (κ1) is 26.7. The van der Waals surface area contributed by atoms with Crippen molar-refractivity contribution in [3.8, 4) is 0 Å². The second kappa shape index (κ2) is 11.4. The number of carbonyl (C=O) groups excluding carboxylic acids is 2. The van der Waals surface area contributed by atoms with Crippen molar-refractivity contribution in [1.29, 1.82) is 0 Å². The van der Waals surface area contributed by atoms with E-state index in [1.54, 1.807) is 36.4 Å². The van der Waals surface area contributed by atoms with Crippen LogP contribution < -0.4 is 5.32 Å². The van der Waals surface area contributed by atoms with Crippen molar-refractivity contribution in [1.82, 2.24) is 15.3 Å². The largest absolute Gasteiger partial charge is 0.347 e. The predicted molar refractivity (Wildman–Crippen MR) is 136 cm³/mol. The Kier molecular flexibility index (Phi) is 8.19. The van der Waals surface area contributed by atoms with Crippen molar-refractivity contribution in [2.75, 3.05) is 26.2 Å². The monoisotopic (exact) mass is 564 g/mol. The van der Waals surface area contributed by atoms with Crippen molar-refractivity contribution >= 4 is 50.6 Å². The smallest absolute Gasteiger partial charge is 0.322 e. The van der Waals surface area contributed by atoms with Gasteiger partial charge in [-0.15, -0.1) is 11.3 Å². The van der Waals surface area contributed by atoms with Crippen LogP contribution >= 0.6 is 22.9 Å². The Labute approximate surface area is 221 Å². The quantitative estimate of drug-likeness (QED) is 0.325. The Bertz CT molecular complexity index is 1420. The van der Waals surface area contributed by atoms with Crippen LogP contribution in [0.1, 0.15) is 25.6 Å². The van der Waals surface area contributed by atoms with Crippen molar-refractivity contribution in [3.05, 3.63) is 91.8 Å². The van der Waals surface area contributed by atoms with Gasteiger partial charge in [-0.1, -0.05) is 23.7 Å². The second-order valence-electron chi connectivity index (χ2n) is 7.93. The predicted octanol–water partition coefficient (Wildman–Crippen LogP) is 3.32. The molecule has 0 radical (unpaired) electrons. The van der Waals surface area contributed by atoms with E-state index < -0.39 is 20.9 Å². The second-order valence-corrected chi connectivity index (χ2v) is 11.3. The van der Waals surface area contributed by atoms with Crippen molar-refractivity contribution in [2.24, 2.45) is 0 Å². The van der Waals surface area contributed by atoms with E-state index in [0.29, 0.717) is 15.5 Å². The average molecular weight is 565 g/mol. The van der Waals surface area contributed by atoms with E-state index in [1.807, 2.05) is 0 Å². The molecule has 4 rings (SSSR count). The van der Waals surface area contributed by atoms with Gasteiger partial charge in [0, 0.05) is 47.7 Å². The molecule has 2 aromatic carbocycles. The van der Waals surface area contributed by atoms with Gasteiger partial charge in [0.15, 0.2) is 0 Å². The maximum atomic E-state index is 12.8. The number of piperazine rings is 1. The summed E-state index contributed by atoms with van der Waals surface area (Å²) < 4.78 is 30.7. The normalized spacial score (nSPS) is 14.4. The number of hydroxylamine groups is 2. The summed E-state index contributed by atoms with van der Waals surface area (Å²) in [5.41, 5.74) is 0.118. The van der Waals surface area contributed by atoms with Crippen molar-refractivity contribution in [2.45, 2.75) is 10.8 Å². The molecule has 1 saturated heterocycles. The number of hydrogen-bond donors (Lipinski definition) is 1. The molecule has 37 heavy (non-hydrogen) atoms. The molecule has 1 aliphatic rings. The van der Waals surface area contributed by atoms with Gasteiger partial charge < -0.3 is 10.2 Å². The maximum Gasteiger partial charge on any atom is 0.322 e. The van der Waals surface area contributed by atoms with Gasteiger partial charge >= 0.3 is 10.1 Å². The van der Waals surface area contributed by atoms with Crippen LogP contribution in [0.25, 0.3) is 0 Å². The van der Waals surface area contributed by atoms with Gasteiger partial charge in [-0.25, -0.2) is 0 Å². The topological polar surface area (TPSA) is 139 Å². The number of amides is 2. The lowest BCUT2D eigenvalue weighted by Gasteiger charge is -2.33. The lowest BCUT2D eigenvalue weighted by Crippen LogP contribution is -2.49. The van der Waals surface area contributed by atoms with Crippen molar-refractivity contribution < 1.29 is 27.2 Å². The first-order chi connectivity index (χ1) is 17.6. The minimum Gasteiger partial charge on any atom is -0.347 e. The van der Waals surface area contributed by atoms with Crippen LogP contribution in [0.5, 0.6) is 0 Å². The van der Waals surface area contributed by atoms with Gasteiger partial charge in [-0.3, -0.25) is 19.7 Å².